The van der Waals surface area contributed by atoms with Crippen LogP contribution >= 0.6 is 0 Å². The van der Waals surface area contributed by atoms with Crippen LogP contribution in [0.15, 0.2) is 17.7 Å². The van der Waals surface area contributed by atoms with Crippen molar-refractivity contribution in [1.29, 1.82) is 10.5 Å². The summed E-state index contributed by atoms with van der Waals surface area (Å²) in [5, 5.41) is 17.8. The first-order valence-corrected chi connectivity index (χ1v) is 6.78. The SMILES string of the molecule is CCOc1cc(OCC)c(C=C(C#N)C#N)c(OCC)c1. The zero-order chi connectivity index (χ0) is 15.7. The number of nitriles is 2. The summed E-state index contributed by atoms with van der Waals surface area (Å²) in [6, 6.07) is 7.13. The summed E-state index contributed by atoms with van der Waals surface area (Å²) in [5.74, 6) is 1.67. The molecule has 0 saturated carbocycles. The fourth-order valence-corrected chi connectivity index (χ4v) is 1.75. The minimum Gasteiger partial charge on any atom is -0.494 e. The van der Waals surface area contributed by atoms with Crippen LogP contribution in [0.25, 0.3) is 6.08 Å². The second kappa shape index (κ2) is 8.50. The standard InChI is InChI=1S/C16H18N2O3/c1-4-19-13-8-15(20-5-2)14(7-12(10-17)11-18)16(9-13)21-6-3/h7-9H,4-6H2,1-3H3. The highest BCUT2D eigenvalue weighted by Gasteiger charge is 2.13. The molecule has 5 heteroatoms. The van der Waals surface area contributed by atoms with Crippen molar-refractivity contribution in [3.8, 4) is 29.4 Å². The summed E-state index contributed by atoms with van der Waals surface area (Å²) in [4.78, 5) is 0. The molecular weight excluding hydrogens is 268 g/mol. The molecule has 0 unspecified atom stereocenters. The van der Waals surface area contributed by atoms with Gasteiger partial charge in [0.2, 0.25) is 0 Å². The monoisotopic (exact) mass is 286 g/mol. The highest BCUT2D eigenvalue weighted by Crippen LogP contribution is 2.36. The van der Waals surface area contributed by atoms with Gasteiger partial charge in [0.15, 0.2) is 0 Å². The summed E-state index contributed by atoms with van der Waals surface area (Å²) < 4.78 is 16.6. The fourth-order valence-electron chi connectivity index (χ4n) is 1.75. The lowest BCUT2D eigenvalue weighted by Crippen LogP contribution is -2.01. The maximum absolute atomic E-state index is 8.92. The maximum atomic E-state index is 8.92. The Morgan fingerprint density at radius 3 is 1.81 bits per heavy atom. The molecule has 0 atom stereocenters. The topological polar surface area (TPSA) is 75.3 Å². The molecule has 21 heavy (non-hydrogen) atoms. The van der Waals surface area contributed by atoms with E-state index in [1.54, 1.807) is 12.1 Å². The Morgan fingerprint density at radius 2 is 1.43 bits per heavy atom. The lowest BCUT2D eigenvalue weighted by atomic mass is 10.1. The number of ether oxygens (including phenoxy) is 3. The Morgan fingerprint density at radius 1 is 0.952 bits per heavy atom. The molecule has 0 N–H and O–H groups in total. The van der Waals surface area contributed by atoms with E-state index in [0.717, 1.165) is 0 Å². The van der Waals surface area contributed by atoms with Gasteiger partial charge in [-0.3, -0.25) is 0 Å². The minimum absolute atomic E-state index is 0.0129. The van der Waals surface area contributed by atoms with E-state index in [-0.39, 0.29) is 5.57 Å². The molecule has 0 radical (unpaired) electrons. The number of hydrogen-bond donors (Lipinski definition) is 0. The fraction of sp³-hybridized carbons (Fsp3) is 0.375. The summed E-state index contributed by atoms with van der Waals surface area (Å²) >= 11 is 0. The van der Waals surface area contributed by atoms with Gasteiger partial charge < -0.3 is 14.2 Å². The van der Waals surface area contributed by atoms with Crippen molar-refractivity contribution in [3.63, 3.8) is 0 Å². The van der Waals surface area contributed by atoms with Crippen LogP contribution in [0.4, 0.5) is 0 Å². The van der Waals surface area contributed by atoms with Gasteiger partial charge in [0, 0.05) is 12.1 Å². The molecule has 0 saturated heterocycles. The third-order valence-corrected chi connectivity index (χ3v) is 2.52. The average molecular weight is 286 g/mol. The van der Waals surface area contributed by atoms with Crippen LogP contribution in [0.3, 0.4) is 0 Å². The van der Waals surface area contributed by atoms with Gasteiger partial charge >= 0.3 is 0 Å². The Labute approximate surface area is 125 Å². The smallest absolute Gasteiger partial charge is 0.133 e. The van der Waals surface area contributed by atoms with Crippen LogP contribution < -0.4 is 14.2 Å². The summed E-state index contributed by atoms with van der Waals surface area (Å²) in [5.41, 5.74) is 0.557. The van der Waals surface area contributed by atoms with Gasteiger partial charge in [0.1, 0.15) is 35.0 Å². The van der Waals surface area contributed by atoms with Crippen molar-refractivity contribution in [2.45, 2.75) is 20.8 Å². The first-order chi connectivity index (χ1) is 10.2. The molecule has 1 aromatic carbocycles. The molecule has 0 bridgehead atoms. The van der Waals surface area contributed by atoms with Gasteiger partial charge in [-0.05, 0) is 26.8 Å². The first-order valence-electron chi connectivity index (χ1n) is 6.78. The maximum Gasteiger partial charge on any atom is 0.133 e. The number of nitrogens with zero attached hydrogens (tertiary/aromatic N) is 2. The number of allylic oxidation sites excluding steroid dienone is 1. The largest absolute Gasteiger partial charge is 0.494 e. The van der Waals surface area contributed by atoms with E-state index in [0.29, 0.717) is 42.6 Å². The second-order valence-electron chi connectivity index (χ2n) is 3.91. The van der Waals surface area contributed by atoms with E-state index in [2.05, 4.69) is 0 Å². The normalized spacial score (nSPS) is 9.19. The zero-order valence-corrected chi connectivity index (χ0v) is 12.5. The van der Waals surface area contributed by atoms with Crippen molar-refractivity contribution in [1.82, 2.24) is 0 Å². The van der Waals surface area contributed by atoms with Gasteiger partial charge in [0.05, 0.1) is 25.4 Å². The molecule has 5 nitrogen and oxygen atoms in total. The lowest BCUT2D eigenvalue weighted by Gasteiger charge is -2.15. The van der Waals surface area contributed by atoms with E-state index < -0.39 is 0 Å². The van der Waals surface area contributed by atoms with E-state index in [4.69, 9.17) is 24.7 Å². The molecule has 0 aliphatic heterocycles. The van der Waals surface area contributed by atoms with Gasteiger partial charge in [-0.2, -0.15) is 10.5 Å². The van der Waals surface area contributed by atoms with Crippen LogP contribution in [0.5, 0.6) is 17.2 Å². The van der Waals surface area contributed by atoms with Gasteiger partial charge in [-0.15, -0.1) is 0 Å². The van der Waals surface area contributed by atoms with Crippen molar-refractivity contribution < 1.29 is 14.2 Å². The van der Waals surface area contributed by atoms with E-state index in [9.17, 15) is 0 Å². The van der Waals surface area contributed by atoms with Gasteiger partial charge in [-0.1, -0.05) is 0 Å². The first kappa shape index (κ1) is 16.4. The summed E-state index contributed by atoms with van der Waals surface area (Å²) in [6.07, 6.45) is 1.46. The summed E-state index contributed by atoms with van der Waals surface area (Å²) in [7, 11) is 0. The Bertz CT molecular complexity index is 552. The van der Waals surface area contributed by atoms with Crippen LogP contribution in [-0.4, -0.2) is 19.8 Å². The van der Waals surface area contributed by atoms with Crippen LogP contribution in [-0.2, 0) is 0 Å². The summed E-state index contributed by atoms with van der Waals surface area (Å²) in [6.45, 7) is 7.03. The minimum atomic E-state index is -0.0129. The second-order valence-corrected chi connectivity index (χ2v) is 3.91. The van der Waals surface area contributed by atoms with Crippen molar-refractivity contribution >= 4 is 6.08 Å². The Kier molecular flexibility index (Phi) is 6.63. The van der Waals surface area contributed by atoms with Gasteiger partial charge in [0.25, 0.3) is 0 Å². The van der Waals surface area contributed by atoms with Crippen molar-refractivity contribution in [2.75, 3.05) is 19.8 Å². The molecule has 0 spiro atoms. The molecule has 1 rings (SSSR count). The lowest BCUT2D eigenvalue weighted by molar-refractivity contribution is 0.306. The van der Waals surface area contributed by atoms with Crippen molar-refractivity contribution in [3.05, 3.63) is 23.3 Å². The number of hydrogen-bond acceptors (Lipinski definition) is 5. The van der Waals surface area contributed by atoms with E-state index in [1.807, 2.05) is 32.9 Å². The van der Waals surface area contributed by atoms with Crippen LogP contribution in [0.1, 0.15) is 26.3 Å². The third-order valence-electron chi connectivity index (χ3n) is 2.52. The molecular formula is C16H18N2O3. The molecule has 0 amide bonds. The number of rotatable bonds is 7. The number of benzene rings is 1. The highest BCUT2D eigenvalue weighted by molar-refractivity contribution is 5.72. The van der Waals surface area contributed by atoms with E-state index >= 15 is 0 Å². The molecule has 0 fully saturated rings. The molecule has 0 heterocycles. The molecule has 0 aromatic heterocycles. The molecule has 0 aliphatic carbocycles. The van der Waals surface area contributed by atoms with Crippen LogP contribution in [0, 0.1) is 22.7 Å². The quantitative estimate of drug-likeness (QED) is 0.719. The Hall–Kier alpha value is -2.66. The average Bonchev–Trinajstić information content (AvgIpc) is 2.48. The third kappa shape index (κ3) is 4.43. The predicted molar refractivity (Wildman–Crippen MR) is 79.2 cm³/mol. The van der Waals surface area contributed by atoms with Crippen LogP contribution in [0.2, 0.25) is 0 Å². The van der Waals surface area contributed by atoms with E-state index in [1.165, 1.54) is 6.08 Å². The van der Waals surface area contributed by atoms with Crippen molar-refractivity contribution in [2.24, 2.45) is 0 Å². The van der Waals surface area contributed by atoms with Gasteiger partial charge in [-0.25, -0.2) is 0 Å². The molecule has 1 aromatic rings. The molecule has 110 valence electrons. The highest BCUT2D eigenvalue weighted by atomic mass is 16.5. The Balaban J connectivity index is 3.45. The predicted octanol–water partition coefficient (Wildman–Crippen LogP) is 3.31. The molecule has 0 aliphatic rings. The zero-order valence-electron chi connectivity index (χ0n) is 12.5.